The van der Waals surface area contributed by atoms with Crippen molar-refractivity contribution in [2.75, 3.05) is 31.5 Å². The normalized spacial score (nSPS) is 21.1. The van der Waals surface area contributed by atoms with Crippen LogP contribution in [0.4, 0.5) is 15.3 Å². The number of imide groups is 1. The number of benzene rings is 1. The minimum absolute atomic E-state index is 0.235. The molecule has 0 radical (unpaired) electrons. The molecule has 136 valence electrons. The Bertz CT molecular complexity index is 572. The minimum Gasteiger partial charge on any atom is -0.321 e. The van der Waals surface area contributed by atoms with Gasteiger partial charge in [-0.15, -0.1) is 0 Å². The zero-order chi connectivity index (χ0) is 17.5. The Morgan fingerprint density at radius 3 is 2.48 bits per heavy atom. The van der Waals surface area contributed by atoms with Gasteiger partial charge in [0.15, 0.2) is 0 Å². The first-order valence-electron chi connectivity index (χ1n) is 9.38. The molecule has 2 N–H and O–H groups in total. The smallest absolute Gasteiger partial charge is 0.321 e. The number of hydrogen-bond donors (Lipinski definition) is 2. The van der Waals surface area contributed by atoms with E-state index in [4.69, 9.17) is 0 Å². The number of nitrogens with zero attached hydrogens (tertiary/aromatic N) is 2. The summed E-state index contributed by atoms with van der Waals surface area (Å²) in [6, 6.07) is 8.64. The summed E-state index contributed by atoms with van der Waals surface area (Å²) in [4.78, 5) is 28.9. The Labute approximate surface area is 149 Å². The topological polar surface area (TPSA) is 64.7 Å². The summed E-state index contributed by atoms with van der Waals surface area (Å²) in [5.41, 5.74) is 0.678. The van der Waals surface area contributed by atoms with Crippen LogP contribution in [0.25, 0.3) is 0 Å². The van der Waals surface area contributed by atoms with Crippen LogP contribution < -0.4 is 10.6 Å². The predicted octanol–water partition coefficient (Wildman–Crippen LogP) is 3.27. The Hall–Kier alpha value is -2.08. The maximum atomic E-state index is 12.5. The molecular weight excluding hydrogens is 316 g/mol. The first kappa shape index (κ1) is 17.7. The third-order valence-electron chi connectivity index (χ3n) is 5.12. The van der Waals surface area contributed by atoms with Crippen LogP contribution in [-0.2, 0) is 0 Å². The van der Waals surface area contributed by atoms with Crippen molar-refractivity contribution in [3.63, 3.8) is 0 Å². The van der Waals surface area contributed by atoms with Crippen molar-refractivity contribution in [2.24, 2.45) is 0 Å². The average molecular weight is 344 g/mol. The summed E-state index contributed by atoms with van der Waals surface area (Å²) in [5.74, 6) is 0. The Morgan fingerprint density at radius 1 is 1.00 bits per heavy atom. The fourth-order valence-electron chi connectivity index (χ4n) is 3.76. The van der Waals surface area contributed by atoms with Crippen LogP contribution in [0.5, 0.6) is 0 Å². The summed E-state index contributed by atoms with van der Waals surface area (Å²) in [6.07, 6.45) is 6.76. The molecule has 3 rings (SSSR count). The quantitative estimate of drug-likeness (QED) is 0.881. The summed E-state index contributed by atoms with van der Waals surface area (Å²) < 4.78 is 0. The second-order valence-corrected chi connectivity index (χ2v) is 6.93. The number of para-hydroxylation sites is 1. The molecule has 1 unspecified atom stereocenters. The molecular formula is C19H28N4O2. The number of urea groups is 2. The molecule has 6 heteroatoms. The van der Waals surface area contributed by atoms with Gasteiger partial charge in [0, 0.05) is 24.8 Å². The van der Waals surface area contributed by atoms with Gasteiger partial charge in [0.2, 0.25) is 0 Å². The summed E-state index contributed by atoms with van der Waals surface area (Å²) in [5, 5.41) is 5.18. The van der Waals surface area contributed by atoms with Gasteiger partial charge < -0.3 is 15.1 Å². The highest BCUT2D eigenvalue weighted by molar-refractivity contribution is 6.00. The highest BCUT2D eigenvalue weighted by Gasteiger charge is 2.28. The fourth-order valence-corrected chi connectivity index (χ4v) is 3.76. The van der Waals surface area contributed by atoms with E-state index in [1.807, 2.05) is 23.1 Å². The maximum Gasteiger partial charge on any atom is 0.327 e. The Balaban J connectivity index is 1.50. The lowest BCUT2D eigenvalue weighted by atomic mass is 9.99. The van der Waals surface area contributed by atoms with Gasteiger partial charge in [-0.3, -0.25) is 5.32 Å². The average Bonchev–Trinajstić information content (AvgIpc) is 3.14. The highest BCUT2D eigenvalue weighted by atomic mass is 16.2. The molecule has 0 spiro atoms. The van der Waals surface area contributed by atoms with Crippen LogP contribution in [0, 0.1) is 0 Å². The van der Waals surface area contributed by atoms with Crippen molar-refractivity contribution in [1.29, 1.82) is 0 Å². The molecule has 2 aliphatic rings. The van der Waals surface area contributed by atoms with Gasteiger partial charge in [-0.2, -0.15) is 0 Å². The molecule has 0 bridgehead atoms. The molecule has 2 saturated heterocycles. The second-order valence-electron chi connectivity index (χ2n) is 6.93. The number of likely N-dealkylation sites (tertiary alicyclic amines) is 2. The molecule has 1 aromatic carbocycles. The van der Waals surface area contributed by atoms with E-state index in [-0.39, 0.29) is 12.1 Å². The lowest BCUT2D eigenvalue weighted by Gasteiger charge is -2.36. The zero-order valence-electron chi connectivity index (χ0n) is 14.7. The van der Waals surface area contributed by atoms with Crippen LogP contribution in [0.2, 0.25) is 0 Å². The van der Waals surface area contributed by atoms with Gasteiger partial charge in [-0.05, 0) is 63.7 Å². The summed E-state index contributed by atoms with van der Waals surface area (Å²) in [6.45, 7) is 4.14. The van der Waals surface area contributed by atoms with E-state index in [1.54, 1.807) is 12.1 Å². The Kier molecular flexibility index (Phi) is 6.28. The number of hydrogen-bond acceptors (Lipinski definition) is 3. The molecule has 2 heterocycles. The molecule has 0 aromatic heterocycles. The minimum atomic E-state index is -0.472. The van der Waals surface area contributed by atoms with E-state index in [2.05, 4.69) is 15.5 Å². The van der Waals surface area contributed by atoms with Gasteiger partial charge in [-0.1, -0.05) is 18.2 Å². The van der Waals surface area contributed by atoms with E-state index >= 15 is 0 Å². The van der Waals surface area contributed by atoms with Crippen molar-refractivity contribution >= 4 is 17.7 Å². The van der Waals surface area contributed by atoms with E-state index in [9.17, 15) is 9.59 Å². The van der Waals surface area contributed by atoms with Crippen LogP contribution in [0.1, 0.15) is 38.5 Å². The summed E-state index contributed by atoms with van der Waals surface area (Å²) >= 11 is 0. The van der Waals surface area contributed by atoms with E-state index < -0.39 is 6.03 Å². The van der Waals surface area contributed by atoms with Crippen molar-refractivity contribution in [2.45, 2.75) is 44.6 Å². The monoisotopic (exact) mass is 344 g/mol. The van der Waals surface area contributed by atoms with Gasteiger partial charge in [0.1, 0.15) is 0 Å². The number of carbonyl (C=O) groups is 2. The lowest BCUT2D eigenvalue weighted by molar-refractivity contribution is 0.140. The van der Waals surface area contributed by atoms with Crippen molar-refractivity contribution in [3.05, 3.63) is 30.3 Å². The fraction of sp³-hybridized carbons (Fsp3) is 0.579. The number of rotatable bonds is 4. The number of carbonyl (C=O) groups excluding carboxylic acids is 2. The molecule has 2 aliphatic heterocycles. The van der Waals surface area contributed by atoms with E-state index in [0.717, 1.165) is 38.8 Å². The molecule has 6 nitrogen and oxygen atoms in total. The number of amides is 4. The predicted molar refractivity (Wildman–Crippen MR) is 98.6 cm³/mol. The number of piperidine rings is 1. The molecule has 25 heavy (non-hydrogen) atoms. The van der Waals surface area contributed by atoms with Crippen LogP contribution in [0.3, 0.4) is 0 Å². The molecule has 0 saturated carbocycles. The van der Waals surface area contributed by atoms with Crippen LogP contribution in [-0.4, -0.2) is 54.1 Å². The number of nitrogens with one attached hydrogen (secondary N) is 2. The zero-order valence-corrected chi connectivity index (χ0v) is 14.7. The Morgan fingerprint density at radius 2 is 1.72 bits per heavy atom. The van der Waals surface area contributed by atoms with Crippen molar-refractivity contribution in [3.8, 4) is 0 Å². The third kappa shape index (κ3) is 5.19. The lowest BCUT2D eigenvalue weighted by Crippen LogP contribution is -2.51. The standard InChI is InChI=1S/C19H28N4O2/c24-18(20-16-8-2-1-3-9-16)21-19(25)23-14-5-4-10-17(23)11-15-22-12-6-7-13-22/h1-3,8-9,17H,4-7,10-15H2,(H2,20,21,24,25). The van der Waals surface area contributed by atoms with E-state index in [0.29, 0.717) is 5.69 Å². The maximum absolute atomic E-state index is 12.5. The SMILES string of the molecule is O=C(NC(=O)N1CCCCC1CCN1CCCC1)Nc1ccccc1. The van der Waals surface area contributed by atoms with Gasteiger partial charge >= 0.3 is 12.1 Å². The summed E-state index contributed by atoms with van der Waals surface area (Å²) in [7, 11) is 0. The van der Waals surface area contributed by atoms with Crippen LogP contribution in [0.15, 0.2) is 30.3 Å². The van der Waals surface area contributed by atoms with Crippen molar-refractivity contribution in [1.82, 2.24) is 15.1 Å². The largest absolute Gasteiger partial charge is 0.327 e. The molecule has 2 fully saturated rings. The molecule has 1 atom stereocenters. The molecule has 0 aliphatic carbocycles. The van der Waals surface area contributed by atoms with Gasteiger partial charge in [-0.25, -0.2) is 9.59 Å². The van der Waals surface area contributed by atoms with Crippen LogP contribution >= 0.6 is 0 Å². The third-order valence-corrected chi connectivity index (χ3v) is 5.12. The molecule has 4 amide bonds. The van der Waals surface area contributed by atoms with Gasteiger partial charge in [0.25, 0.3) is 0 Å². The number of anilines is 1. The van der Waals surface area contributed by atoms with Crippen molar-refractivity contribution < 1.29 is 9.59 Å². The first-order valence-corrected chi connectivity index (χ1v) is 9.38. The molecule has 1 aromatic rings. The van der Waals surface area contributed by atoms with Gasteiger partial charge in [0.05, 0.1) is 0 Å². The second kappa shape index (κ2) is 8.85. The first-order chi connectivity index (χ1) is 12.2. The van der Waals surface area contributed by atoms with E-state index in [1.165, 1.54) is 25.9 Å². The highest BCUT2D eigenvalue weighted by Crippen LogP contribution is 2.21.